The average molecular weight is 339 g/mol. The van der Waals surface area contributed by atoms with E-state index in [9.17, 15) is 4.79 Å². The van der Waals surface area contributed by atoms with Crippen LogP contribution in [0.2, 0.25) is 0 Å². The second-order valence-corrected chi connectivity index (χ2v) is 6.27. The molecule has 1 atom stereocenters. The van der Waals surface area contributed by atoms with Crippen molar-refractivity contribution >= 4 is 11.7 Å². The maximum absolute atomic E-state index is 12.0. The Morgan fingerprint density at radius 3 is 2.40 bits per heavy atom. The highest BCUT2D eigenvalue weighted by Gasteiger charge is 2.13. The third-order valence-electron chi connectivity index (χ3n) is 4.51. The smallest absolute Gasteiger partial charge is 0.319 e. The normalized spacial score (nSPS) is 16.4. The Kier molecular flexibility index (Phi) is 5.90. The van der Waals surface area contributed by atoms with Crippen LogP contribution in [0.3, 0.4) is 0 Å². The van der Waals surface area contributed by atoms with Crippen LogP contribution in [0.4, 0.5) is 10.5 Å². The minimum atomic E-state index is -0.157. The molecule has 0 aromatic heterocycles. The number of carbonyl (C=O) groups is 1. The third kappa shape index (κ3) is 4.97. The van der Waals surface area contributed by atoms with Gasteiger partial charge in [-0.3, -0.25) is 0 Å². The monoisotopic (exact) mass is 339 g/mol. The number of amides is 2. The van der Waals surface area contributed by atoms with Crippen LogP contribution in [-0.4, -0.2) is 32.3 Å². The molecule has 0 radical (unpaired) electrons. The number of urea groups is 1. The topological polar surface area (TPSA) is 62.4 Å². The molecular weight excluding hydrogens is 314 g/mol. The number of methoxy groups -OCH3 is 1. The molecule has 1 fully saturated rings. The number of benzene rings is 2. The molecule has 0 bridgehead atoms. The lowest BCUT2D eigenvalue weighted by Crippen LogP contribution is -2.33. The number of rotatable bonds is 6. The lowest BCUT2D eigenvalue weighted by atomic mass is 10.1. The summed E-state index contributed by atoms with van der Waals surface area (Å²) in [5.41, 5.74) is 3.00. The molecule has 5 nitrogen and oxygen atoms in total. The first-order chi connectivity index (χ1) is 12.2. The first-order valence-electron chi connectivity index (χ1n) is 8.77. The molecule has 1 saturated heterocycles. The largest absolute Gasteiger partial charge is 0.497 e. The lowest BCUT2D eigenvalue weighted by Gasteiger charge is -2.12. The summed E-state index contributed by atoms with van der Waals surface area (Å²) in [5.74, 6) is 0.839. The fourth-order valence-electron chi connectivity index (χ4n) is 3.07. The molecule has 2 aromatic rings. The summed E-state index contributed by atoms with van der Waals surface area (Å²) in [7, 11) is 1.66. The maximum atomic E-state index is 12.0. The average Bonchev–Trinajstić information content (AvgIpc) is 3.16. The minimum absolute atomic E-state index is 0.157. The summed E-state index contributed by atoms with van der Waals surface area (Å²) >= 11 is 0. The van der Waals surface area contributed by atoms with Crippen LogP contribution in [0.15, 0.2) is 48.5 Å². The molecule has 3 N–H and O–H groups in total. The van der Waals surface area contributed by atoms with Crippen molar-refractivity contribution in [3.8, 4) is 16.9 Å². The van der Waals surface area contributed by atoms with Crippen LogP contribution >= 0.6 is 0 Å². The van der Waals surface area contributed by atoms with Gasteiger partial charge in [-0.15, -0.1) is 0 Å². The highest BCUT2D eigenvalue weighted by atomic mass is 16.5. The number of hydrogen-bond donors (Lipinski definition) is 3. The van der Waals surface area contributed by atoms with Gasteiger partial charge in [0.05, 0.1) is 7.11 Å². The van der Waals surface area contributed by atoms with Gasteiger partial charge in [0.1, 0.15) is 5.75 Å². The summed E-state index contributed by atoms with van der Waals surface area (Å²) < 4.78 is 5.17. The Labute approximate surface area is 148 Å². The molecule has 3 rings (SSSR count). The molecule has 25 heavy (non-hydrogen) atoms. The zero-order chi connectivity index (χ0) is 17.5. The lowest BCUT2D eigenvalue weighted by molar-refractivity contribution is 0.251. The van der Waals surface area contributed by atoms with Crippen molar-refractivity contribution in [1.82, 2.24) is 10.6 Å². The van der Waals surface area contributed by atoms with Gasteiger partial charge in [-0.05, 0) is 61.2 Å². The number of nitrogens with one attached hydrogen (secondary N) is 3. The quantitative estimate of drug-likeness (QED) is 0.753. The van der Waals surface area contributed by atoms with Crippen LogP contribution in [0.1, 0.15) is 19.3 Å². The van der Waals surface area contributed by atoms with Crippen molar-refractivity contribution in [3.05, 3.63) is 48.5 Å². The zero-order valence-corrected chi connectivity index (χ0v) is 14.5. The van der Waals surface area contributed by atoms with Crippen LogP contribution in [0.25, 0.3) is 11.1 Å². The van der Waals surface area contributed by atoms with E-state index >= 15 is 0 Å². The van der Waals surface area contributed by atoms with Gasteiger partial charge in [0.15, 0.2) is 0 Å². The Bertz CT molecular complexity index is 677. The van der Waals surface area contributed by atoms with E-state index in [0.717, 1.165) is 35.5 Å². The molecule has 0 spiro atoms. The maximum Gasteiger partial charge on any atom is 0.319 e. The van der Waals surface area contributed by atoms with E-state index in [1.165, 1.54) is 12.8 Å². The Morgan fingerprint density at radius 1 is 1.12 bits per heavy atom. The first kappa shape index (κ1) is 17.3. The van der Waals surface area contributed by atoms with Crippen LogP contribution in [0.5, 0.6) is 5.75 Å². The van der Waals surface area contributed by atoms with Gasteiger partial charge in [-0.2, -0.15) is 0 Å². The van der Waals surface area contributed by atoms with Crippen molar-refractivity contribution in [2.75, 3.05) is 25.5 Å². The summed E-state index contributed by atoms with van der Waals surface area (Å²) in [6.07, 6.45) is 3.41. The van der Waals surface area contributed by atoms with Gasteiger partial charge < -0.3 is 20.7 Å². The van der Waals surface area contributed by atoms with Crippen LogP contribution < -0.4 is 20.7 Å². The summed E-state index contributed by atoms with van der Waals surface area (Å²) in [6, 6.07) is 16.1. The van der Waals surface area contributed by atoms with Gasteiger partial charge in [0.25, 0.3) is 0 Å². The Morgan fingerprint density at radius 2 is 1.80 bits per heavy atom. The Balaban J connectivity index is 1.48. The number of carbonyl (C=O) groups excluding carboxylic acids is 1. The number of anilines is 1. The highest BCUT2D eigenvalue weighted by Crippen LogP contribution is 2.23. The minimum Gasteiger partial charge on any atom is -0.497 e. The van der Waals surface area contributed by atoms with Crippen molar-refractivity contribution in [3.63, 3.8) is 0 Å². The van der Waals surface area contributed by atoms with Gasteiger partial charge in [-0.1, -0.05) is 24.3 Å². The second kappa shape index (κ2) is 8.53. The molecule has 2 aromatic carbocycles. The zero-order valence-electron chi connectivity index (χ0n) is 14.5. The standard InChI is InChI=1S/C20H25N3O2/c1-25-19-10-6-16(7-11-19)15-4-8-18(9-5-15)23-20(24)22-14-12-17-3-2-13-21-17/h4-11,17,21H,2-3,12-14H2,1H3,(H2,22,23,24)/t17-/m1/s1. The SMILES string of the molecule is COc1ccc(-c2ccc(NC(=O)NCC[C@H]3CCCN3)cc2)cc1. The molecule has 2 amide bonds. The molecular formula is C20H25N3O2. The van der Waals surface area contributed by atoms with Crippen molar-refractivity contribution in [2.45, 2.75) is 25.3 Å². The molecule has 5 heteroatoms. The number of ether oxygens (including phenoxy) is 1. The van der Waals surface area contributed by atoms with E-state index in [2.05, 4.69) is 16.0 Å². The van der Waals surface area contributed by atoms with Crippen LogP contribution in [0, 0.1) is 0 Å². The predicted octanol–water partition coefficient (Wildman–Crippen LogP) is 3.63. The third-order valence-corrected chi connectivity index (χ3v) is 4.51. The summed E-state index contributed by atoms with van der Waals surface area (Å²) in [5, 5.41) is 9.22. The van der Waals surface area contributed by atoms with E-state index in [4.69, 9.17) is 4.74 Å². The van der Waals surface area contributed by atoms with E-state index in [1.54, 1.807) is 7.11 Å². The van der Waals surface area contributed by atoms with Gasteiger partial charge in [0.2, 0.25) is 0 Å². The Hall–Kier alpha value is -2.53. The first-order valence-corrected chi connectivity index (χ1v) is 8.77. The molecule has 0 unspecified atom stereocenters. The van der Waals surface area contributed by atoms with Gasteiger partial charge >= 0.3 is 6.03 Å². The predicted molar refractivity (Wildman–Crippen MR) is 101 cm³/mol. The van der Waals surface area contributed by atoms with E-state index in [0.29, 0.717) is 12.6 Å². The fraction of sp³-hybridized carbons (Fsp3) is 0.350. The summed E-state index contributed by atoms with van der Waals surface area (Å²) in [4.78, 5) is 12.0. The van der Waals surface area contributed by atoms with Crippen molar-refractivity contribution in [2.24, 2.45) is 0 Å². The molecule has 0 aliphatic carbocycles. The summed E-state index contributed by atoms with van der Waals surface area (Å²) in [6.45, 7) is 1.78. The molecule has 132 valence electrons. The van der Waals surface area contributed by atoms with Crippen molar-refractivity contribution in [1.29, 1.82) is 0 Å². The molecule has 0 saturated carbocycles. The van der Waals surface area contributed by atoms with E-state index in [-0.39, 0.29) is 6.03 Å². The van der Waals surface area contributed by atoms with Gasteiger partial charge in [-0.25, -0.2) is 4.79 Å². The van der Waals surface area contributed by atoms with Gasteiger partial charge in [0, 0.05) is 18.3 Å². The van der Waals surface area contributed by atoms with Crippen molar-refractivity contribution < 1.29 is 9.53 Å². The van der Waals surface area contributed by atoms with E-state index < -0.39 is 0 Å². The fourth-order valence-corrected chi connectivity index (χ4v) is 3.07. The second-order valence-electron chi connectivity index (χ2n) is 6.27. The molecule has 1 aliphatic heterocycles. The highest BCUT2D eigenvalue weighted by molar-refractivity contribution is 5.89. The van der Waals surface area contributed by atoms with Crippen LogP contribution in [-0.2, 0) is 0 Å². The molecule has 1 aliphatic rings. The molecule has 1 heterocycles. The van der Waals surface area contributed by atoms with E-state index in [1.807, 2.05) is 48.5 Å². The number of hydrogen-bond acceptors (Lipinski definition) is 3.